The van der Waals surface area contributed by atoms with Crippen LogP contribution < -0.4 is 15.1 Å². The summed E-state index contributed by atoms with van der Waals surface area (Å²) in [6, 6.07) is 13.4. The molecule has 2 heterocycles. The number of nitrogens with one attached hydrogen (secondary N) is 1. The molecular formula is C28H28F3N3O2S2. The van der Waals surface area contributed by atoms with E-state index in [1.807, 2.05) is 14.1 Å². The van der Waals surface area contributed by atoms with Gasteiger partial charge in [-0.05, 0) is 66.8 Å². The Bertz CT molecular complexity index is 1430. The summed E-state index contributed by atoms with van der Waals surface area (Å²) in [5.74, 6) is 1.08. The molecule has 4 unspecified atom stereocenters. The van der Waals surface area contributed by atoms with Crippen molar-refractivity contribution >= 4 is 40.4 Å². The summed E-state index contributed by atoms with van der Waals surface area (Å²) in [5.41, 5.74) is 1.07. The highest BCUT2D eigenvalue weighted by Crippen LogP contribution is 2.64. The van der Waals surface area contributed by atoms with Crippen LogP contribution in [0.4, 0.5) is 24.5 Å². The summed E-state index contributed by atoms with van der Waals surface area (Å²) >= 11 is 2.88. The van der Waals surface area contributed by atoms with E-state index in [0.29, 0.717) is 23.0 Å². The smallest absolute Gasteiger partial charge is 0.378 e. The Labute approximate surface area is 227 Å². The van der Waals surface area contributed by atoms with E-state index in [4.69, 9.17) is 0 Å². The van der Waals surface area contributed by atoms with Gasteiger partial charge >= 0.3 is 11.0 Å². The fraction of sp³-hybridized carbons (Fsp3) is 0.429. The minimum atomic E-state index is -4.59. The van der Waals surface area contributed by atoms with E-state index in [9.17, 15) is 22.8 Å². The fourth-order valence-electron chi connectivity index (χ4n) is 6.61. The second-order valence-corrected chi connectivity index (χ2v) is 12.8. The second-order valence-electron chi connectivity index (χ2n) is 10.7. The van der Waals surface area contributed by atoms with Gasteiger partial charge in [-0.2, -0.15) is 13.2 Å². The Hall–Kier alpha value is -2.72. The Balaban J connectivity index is 1.35. The van der Waals surface area contributed by atoms with E-state index in [2.05, 4.69) is 34.5 Å². The maximum absolute atomic E-state index is 13.4. The summed E-state index contributed by atoms with van der Waals surface area (Å²) in [7, 11) is 4.00. The van der Waals surface area contributed by atoms with Crippen LogP contribution in [0, 0.1) is 17.8 Å². The molecule has 38 heavy (non-hydrogen) atoms. The van der Waals surface area contributed by atoms with Gasteiger partial charge in [0.25, 0.3) is 0 Å². The van der Waals surface area contributed by atoms with Crippen molar-refractivity contribution in [2.45, 2.75) is 48.2 Å². The molecule has 1 N–H and O–H groups in total. The van der Waals surface area contributed by atoms with Crippen LogP contribution in [0.2, 0.25) is 0 Å². The molecule has 10 heteroatoms. The van der Waals surface area contributed by atoms with Gasteiger partial charge in [-0.1, -0.05) is 35.6 Å². The van der Waals surface area contributed by atoms with Crippen molar-refractivity contribution in [3.63, 3.8) is 0 Å². The van der Waals surface area contributed by atoms with Gasteiger partial charge in [-0.15, -0.1) is 11.8 Å². The molecule has 2 aromatic carbocycles. The number of nitrogens with zero attached hydrogens (tertiary/aromatic N) is 2. The van der Waals surface area contributed by atoms with Gasteiger partial charge in [0.05, 0.1) is 16.3 Å². The molecule has 1 aliphatic heterocycles. The number of halogens is 3. The highest BCUT2D eigenvalue weighted by molar-refractivity contribution is 8.00. The number of alkyl halides is 3. The number of rotatable bonds is 5. The minimum absolute atomic E-state index is 0.0794. The van der Waals surface area contributed by atoms with Crippen LogP contribution >= 0.6 is 23.1 Å². The Morgan fingerprint density at radius 2 is 1.79 bits per heavy atom. The number of thiazole rings is 1. The third-order valence-corrected chi connectivity index (χ3v) is 11.1. The maximum atomic E-state index is 13.4. The first-order valence-corrected chi connectivity index (χ1v) is 14.4. The first-order valence-electron chi connectivity index (χ1n) is 12.8. The molecule has 3 aliphatic rings. The standard InChI is InChI=1S/C28H28F3N3O2S2/c1-33(2)18-11-9-15(10-12-18)22-23-16-7-8-17(13-16)24(23)37-26-25(22)38-27(36)34(26)14-21(35)32-20-6-4-3-5-19(20)28(29,30)31/h3-6,9-12,16-17,22-24H,7-8,13-14H2,1-2H3,(H,32,35)/t16?,17?,22-,23?,24?/m1/s1. The lowest BCUT2D eigenvalue weighted by Gasteiger charge is -2.40. The number of hydrogen-bond acceptors (Lipinski definition) is 5. The number of carbonyl (C=O) groups excluding carboxylic acids is 1. The molecule has 1 amide bonds. The molecule has 2 aliphatic carbocycles. The number of benzene rings is 2. The van der Waals surface area contributed by atoms with Crippen LogP contribution in [0.1, 0.15) is 41.2 Å². The van der Waals surface area contributed by atoms with Gasteiger partial charge in [-0.25, -0.2) is 0 Å². The van der Waals surface area contributed by atoms with Crippen molar-refractivity contribution in [3.8, 4) is 0 Å². The predicted molar refractivity (Wildman–Crippen MR) is 145 cm³/mol. The third kappa shape index (κ3) is 4.35. The van der Waals surface area contributed by atoms with Crippen LogP contribution in [-0.2, 0) is 17.5 Å². The van der Waals surface area contributed by atoms with Gasteiger partial charge in [0.15, 0.2) is 0 Å². The Morgan fingerprint density at radius 1 is 1.08 bits per heavy atom. The van der Waals surface area contributed by atoms with Crippen LogP contribution in [0.15, 0.2) is 58.4 Å². The average molecular weight is 560 g/mol. The third-order valence-electron chi connectivity index (χ3n) is 8.27. The molecule has 5 nitrogen and oxygen atoms in total. The monoisotopic (exact) mass is 559 g/mol. The SMILES string of the molecule is CN(C)c1ccc([C@H]2c3sc(=O)n(CC(=O)Nc4ccccc4C(F)(F)F)c3SC3C4CCC(C4)C32)cc1. The van der Waals surface area contributed by atoms with Gasteiger partial charge in [-0.3, -0.25) is 14.2 Å². The van der Waals surface area contributed by atoms with Crippen LogP contribution in [0.5, 0.6) is 0 Å². The predicted octanol–water partition coefficient (Wildman–Crippen LogP) is 6.29. The minimum Gasteiger partial charge on any atom is -0.378 e. The molecule has 3 aromatic rings. The normalized spacial score (nSPS) is 25.7. The molecule has 2 fully saturated rings. The van der Waals surface area contributed by atoms with Crippen molar-refractivity contribution < 1.29 is 18.0 Å². The maximum Gasteiger partial charge on any atom is 0.418 e. The molecule has 0 radical (unpaired) electrons. The second kappa shape index (κ2) is 9.48. The van der Waals surface area contributed by atoms with Crippen molar-refractivity contribution in [3.05, 3.63) is 74.2 Å². The molecule has 0 spiro atoms. The number of anilines is 2. The quantitative estimate of drug-likeness (QED) is 0.400. The highest BCUT2D eigenvalue weighted by atomic mass is 32.2. The Morgan fingerprint density at radius 3 is 2.50 bits per heavy atom. The zero-order valence-corrected chi connectivity index (χ0v) is 22.6. The summed E-state index contributed by atoms with van der Waals surface area (Å²) in [6.45, 7) is -0.318. The largest absolute Gasteiger partial charge is 0.418 e. The van der Waals surface area contributed by atoms with Crippen molar-refractivity contribution in [1.82, 2.24) is 4.57 Å². The number of fused-ring (bicyclic) bond motifs is 6. The molecule has 6 rings (SSSR count). The molecule has 0 saturated heterocycles. The number of para-hydroxylation sites is 1. The van der Waals surface area contributed by atoms with Crippen LogP contribution in [0.3, 0.4) is 0 Å². The van der Waals surface area contributed by atoms with Gasteiger partial charge in [0.2, 0.25) is 5.91 Å². The number of carbonyl (C=O) groups is 1. The molecular weight excluding hydrogens is 531 g/mol. The first kappa shape index (κ1) is 25.6. The zero-order valence-electron chi connectivity index (χ0n) is 21.0. The van der Waals surface area contributed by atoms with Crippen molar-refractivity contribution in [1.29, 1.82) is 0 Å². The van der Waals surface area contributed by atoms with E-state index >= 15 is 0 Å². The number of thioether (sulfide) groups is 1. The topological polar surface area (TPSA) is 54.3 Å². The Kier molecular flexibility index (Phi) is 6.38. The summed E-state index contributed by atoms with van der Waals surface area (Å²) in [5, 5.41) is 3.56. The first-order chi connectivity index (χ1) is 18.1. The van der Waals surface area contributed by atoms with E-state index < -0.39 is 17.6 Å². The lowest BCUT2D eigenvalue weighted by molar-refractivity contribution is -0.137. The summed E-state index contributed by atoms with van der Waals surface area (Å²) in [6.07, 6.45) is -0.999. The molecule has 2 saturated carbocycles. The molecule has 1 aromatic heterocycles. The van der Waals surface area contributed by atoms with E-state index in [0.717, 1.165) is 21.7 Å². The zero-order chi connectivity index (χ0) is 26.8. The van der Waals surface area contributed by atoms with E-state index in [-0.39, 0.29) is 23.0 Å². The molecule has 5 atom stereocenters. The lowest BCUT2D eigenvalue weighted by Crippen LogP contribution is -2.35. The number of aromatic nitrogens is 1. The molecule has 2 bridgehead atoms. The van der Waals surface area contributed by atoms with Gasteiger partial charge in [0.1, 0.15) is 6.54 Å². The van der Waals surface area contributed by atoms with Crippen molar-refractivity contribution in [2.24, 2.45) is 17.8 Å². The number of amides is 1. The van der Waals surface area contributed by atoms with Crippen LogP contribution in [0.25, 0.3) is 0 Å². The molecule has 200 valence electrons. The number of hydrogen-bond donors (Lipinski definition) is 1. The van der Waals surface area contributed by atoms with Gasteiger partial charge in [0, 0.05) is 35.8 Å². The van der Waals surface area contributed by atoms with E-state index in [1.165, 1.54) is 58.9 Å². The van der Waals surface area contributed by atoms with Crippen LogP contribution in [-0.4, -0.2) is 29.8 Å². The van der Waals surface area contributed by atoms with Gasteiger partial charge < -0.3 is 10.2 Å². The van der Waals surface area contributed by atoms with E-state index in [1.54, 1.807) is 11.8 Å². The highest BCUT2D eigenvalue weighted by Gasteiger charge is 2.55. The van der Waals surface area contributed by atoms with Crippen molar-refractivity contribution in [2.75, 3.05) is 24.3 Å². The summed E-state index contributed by atoms with van der Waals surface area (Å²) < 4.78 is 41.8. The lowest BCUT2D eigenvalue weighted by atomic mass is 9.75. The summed E-state index contributed by atoms with van der Waals surface area (Å²) in [4.78, 5) is 29.0. The average Bonchev–Trinajstić information content (AvgIpc) is 3.57. The fourth-order valence-corrected chi connectivity index (χ4v) is 9.76.